The second kappa shape index (κ2) is 3.29. The zero-order chi connectivity index (χ0) is 9.52. The summed E-state index contributed by atoms with van der Waals surface area (Å²) in [6.07, 6.45) is -3.61. The molecule has 0 unspecified atom stereocenters. The number of rotatable bonds is 1. The van der Waals surface area contributed by atoms with E-state index in [2.05, 4.69) is 0 Å². The van der Waals surface area contributed by atoms with Crippen LogP contribution in [-0.4, -0.2) is 44.3 Å². The van der Waals surface area contributed by atoms with E-state index in [4.69, 9.17) is 27.9 Å². The Kier molecular flexibility index (Phi) is 2.88. The highest BCUT2D eigenvalue weighted by Gasteiger charge is 2.52. The highest BCUT2D eigenvalue weighted by molar-refractivity contribution is 6.44. The van der Waals surface area contributed by atoms with Gasteiger partial charge in [0.2, 0.25) is 0 Å². The molecule has 4 atom stereocenters. The summed E-state index contributed by atoms with van der Waals surface area (Å²) in [5.74, 6) is -1.79. The largest absolute Gasteiger partial charge is 0.387 e. The summed E-state index contributed by atoms with van der Waals surface area (Å²) < 4.78 is 4.83. The third-order valence-electron chi connectivity index (χ3n) is 1.83. The molecule has 1 fully saturated rings. The Balaban J connectivity index is 2.74. The van der Waals surface area contributed by atoms with Crippen LogP contribution in [0.25, 0.3) is 0 Å². The monoisotopic (exact) mass is 216 g/mol. The Bertz CT molecular complexity index is 173. The number of aliphatic hydroxyl groups excluding tert-OH is 2. The minimum absolute atomic E-state index is 0.960. The summed E-state index contributed by atoms with van der Waals surface area (Å²) in [5, 5.41) is 27.8. The van der Waals surface area contributed by atoms with Crippen molar-refractivity contribution in [1.82, 2.24) is 0 Å². The quantitative estimate of drug-likeness (QED) is 0.523. The highest BCUT2D eigenvalue weighted by atomic mass is 35.5. The van der Waals surface area contributed by atoms with Crippen molar-refractivity contribution >= 4 is 23.2 Å². The molecule has 0 aliphatic carbocycles. The van der Waals surface area contributed by atoms with Gasteiger partial charge >= 0.3 is 0 Å². The second-order valence-electron chi connectivity index (χ2n) is 2.91. The summed E-state index contributed by atoms with van der Waals surface area (Å²) in [7, 11) is 0. The number of alkyl halides is 2. The van der Waals surface area contributed by atoms with Gasteiger partial charge < -0.3 is 20.1 Å². The van der Waals surface area contributed by atoms with E-state index in [1.807, 2.05) is 0 Å². The van der Waals surface area contributed by atoms with Gasteiger partial charge in [-0.3, -0.25) is 0 Å². The Hall–Kier alpha value is 0.420. The van der Waals surface area contributed by atoms with Crippen LogP contribution in [0.3, 0.4) is 0 Å². The van der Waals surface area contributed by atoms with Crippen molar-refractivity contribution in [2.24, 2.45) is 0 Å². The first-order valence-electron chi connectivity index (χ1n) is 3.40. The Morgan fingerprint density at radius 2 is 1.92 bits per heavy atom. The minimum atomic E-state index is -1.79. The molecule has 0 aromatic carbocycles. The molecule has 1 saturated heterocycles. The third-order valence-corrected chi connectivity index (χ3v) is 2.33. The number of ether oxygens (including phenoxy) is 1. The number of hydrogen-bond acceptors (Lipinski definition) is 4. The molecule has 3 N–H and O–H groups in total. The van der Waals surface area contributed by atoms with E-state index >= 15 is 0 Å². The zero-order valence-electron chi connectivity index (χ0n) is 6.32. The fraction of sp³-hybridized carbons (Fsp3) is 1.00. The van der Waals surface area contributed by atoms with Crippen LogP contribution in [0, 0.1) is 0 Å². The molecular weight excluding hydrogens is 207 g/mol. The number of aliphatic hydroxyl groups is 3. The predicted octanol–water partition coefficient (Wildman–Crippen LogP) is -0.381. The molecule has 1 heterocycles. The smallest absolute Gasteiger partial charge is 0.192 e. The van der Waals surface area contributed by atoms with E-state index in [9.17, 15) is 15.3 Å². The van der Waals surface area contributed by atoms with Gasteiger partial charge in [0, 0.05) is 0 Å². The van der Waals surface area contributed by atoms with Crippen molar-refractivity contribution < 1.29 is 20.1 Å². The van der Waals surface area contributed by atoms with Crippen molar-refractivity contribution in [2.75, 3.05) is 0 Å². The molecule has 6 heteroatoms. The molecule has 4 nitrogen and oxygen atoms in total. The molecule has 1 aliphatic rings. The molecule has 1 aliphatic heterocycles. The van der Waals surface area contributed by atoms with Crippen LogP contribution in [0.4, 0.5) is 0 Å². The topological polar surface area (TPSA) is 69.9 Å². The SMILES string of the molecule is C[C@]1(O)O[C@H](C(Cl)Cl)[C@@H](O)[C@@H]1O. The van der Waals surface area contributed by atoms with Crippen LogP contribution in [-0.2, 0) is 4.74 Å². The first-order chi connectivity index (χ1) is 5.36. The van der Waals surface area contributed by atoms with Gasteiger partial charge in [0.1, 0.15) is 23.1 Å². The fourth-order valence-electron chi connectivity index (χ4n) is 1.11. The number of halogens is 2. The minimum Gasteiger partial charge on any atom is -0.387 e. The normalized spacial score (nSPS) is 48.8. The van der Waals surface area contributed by atoms with Crippen molar-refractivity contribution in [3.05, 3.63) is 0 Å². The molecular formula is C6H10Cl2O4. The molecule has 0 aromatic rings. The lowest BCUT2D eigenvalue weighted by atomic mass is 10.1. The van der Waals surface area contributed by atoms with Gasteiger partial charge in [0.15, 0.2) is 5.79 Å². The third kappa shape index (κ3) is 1.69. The van der Waals surface area contributed by atoms with Crippen molar-refractivity contribution in [1.29, 1.82) is 0 Å². The first kappa shape index (κ1) is 10.5. The van der Waals surface area contributed by atoms with Crippen LogP contribution in [0.2, 0.25) is 0 Å². The van der Waals surface area contributed by atoms with E-state index in [0.717, 1.165) is 0 Å². The Morgan fingerprint density at radius 3 is 2.08 bits per heavy atom. The van der Waals surface area contributed by atoms with E-state index in [1.165, 1.54) is 6.92 Å². The molecule has 0 aromatic heterocycles. The van der Waals surface area contributed by atoms with Gasteiger partial charge in [-0.25, -0.2) is 0 Å². The van der Waals surface area contributed by atoms with Crippen molar-refractivity contribution in [3.8, 4) is 0 Å². The fourth-order valence-corrected chi connectivity index (χ4v) is 1.51. The maximum atomic E-state index is 9.30. The maximum absolute atomic E-state index is 9.30. The zero-order valence-corrected chi connectivity index (χ0v) is 7.83. The summed E-state index contributed by atoms with van der Waals surface area (Å²) >= 11 is 10.9. The Morgan fingerprint density at radius 1 is 1.42 bits per heavy atom. The lowest BCUT2D eigenvalue weighted by Gasteiger charge is -2.20. The average Bonchev–Trinajstić information content (AvgIpc) is 2.14. The van der Waals surface area contributed by atoms with E-state index in [-0.39, 0.29) is 0 Å². The molecule has 72 valence electrons. The molecule has 0 radical (unpaired) electrons. The lowest BCUT2D eigenvalue weighted by Crippen LogP contribution is -2.40. The van der Waals surface area contributed by atoms with Crippen LogP contribution in [0.5, 0.6) is 0 Å². The first-order valence-corrected chi connectivity index (χ1v) is 4.28. The van der Waals surface area contributed by atoms with Crippen molar-refractivity contribution in [2.45, 2.75) is 35.9 Å². The summed E-state index contributed by atoms with van der Waals surface area (Å²) in [6.45, 7) is 1.23. The molecule has 1 rings (SSSR count). The van der Waals surface area contributed by atoms with Crippen LogP contribution >= 0.6 is 23.2 Å². The predicted molar refractivity (Wildman–Crippen MR) is 43.0 cm³/mol. The molecule has 12 heavy (non-hydrogen) atoms. The lowest BCUT2D eigenvalue weighted by molar-refractivity contribution is -0.212. The van der Waals surface area contributed by atoms with E-state index < -0.39 is 28.9 Å². The van der Waals surface area contributed by atoms with Gasteiger partial charge in [-0.05, 0) is 6.92 Å². The van der Waals surface area contributed by atoms with Gasteiger partial charge in [-0.2, -0.15) is 0 Å². The second-order valence-corrected chi connectivity index (χ2v) is 4.07. The number of hydrogen-bond donors (Lipinski definition) is 3. The summed E-state index contributed by atoms with van der Waals surface area (Å²) in [5.41, 5.74) is 0. The van der Waals surface area contributed by atoms with Crippen LogP contribution < -0.4 is 0 Å². The van der Waals surface area contributed by atoms with E-state index in [0.29, 0.717) is 0 Å². The van der Waals surface area contributed by atoms with Gasteiger partial charge in [0.05, 0.1) is 0 Å². The van der Waals surface area contributed by atoms with Gasteiger partial charge in [-0.15, -0.1) is 23.2 Å². The van der Waals surface area contributed by atoms with Crippen molar-refractivity contribution in [3.63, 3.8) is 0 Å². The maximum Gasteiger partial charge on any atom is 0.192 e. The summed E-state index contributed by atoms with van der Waals surface area (Å²) in [6, 6.07) is 0. The molecule has 0 amide bonds. The Labute approximate surface area is 79.7 Å². The summed E-state index contributed by atoms with van der Waals surface area (Å²) in [4.78, 5) is -0.983. The van der Waals surface area contributed by atoms with Crippen LogP contribution in [0.1, 0.15) is 6.92 Å². The van der Waals surface area contributed by atoms with E-state index in [1.54, 1.807) is 0 Å². The molecule has 0 spiro atoms. The van der Waals surface area contributed by atoms with Crippen LogP contribution in [0.15, 0.2) is 0 Å². The highest BCUT2D eigenvalue weighted by Crippen LogP contribution is 2.33. The molecule has 0 saturated carbocycles. The molecule has 0 bridgehead atoms. The van der Waals surface area contributed by atoms with Gasteiger partial charge in [-0.1, -0.05) is 0 Å². The standard InChI is InChI=1S/C6H10Cl2O4/c1-6(11)4(10)2(9)3(12-6)5(7)8/h2-5,9-11H,1H3/t2-,3+,4+,6+/m1/s1. The van der Waals surface area contributed by atoms with Gasteiger partial charge in [0.25, 0.3) is 0 Å². The average molecular weight is 217 g/mol.